The molecule has 8 nitrogen and oxygen atoms in total. The van der Waals surface area contributed by atoms with Gasteiger partial charge in [0.1, 0.15) is 0 Å². The molecular weight excluding hydrogens is 663 g/mol. The average molecular weight is 724 g/mol. The van der Waals surface area contributed by atoms with Crippen LogP contribution in [0.4, 0.5) is 0 Å². The zero-order valence-electron chi connectivity index (χ0n) is 31.5. The van der Waals surface area contributed by atoms with E-state index in [1.807, 2.05) is 11.0 Å². The molecule has 6 saturated carbocycles. The largest absolute Gasteiger partial charge is 0.390 e. The van der Waals surface area contributed by atoms with E-state index >= 15 is 0 Å². The van der Waals surface area contributed by atoms with Crippen molar-refractivity contribution in [2.45, 2.75) is 141 Å². The number of rotatable bonds is 7. The van der Waals surface area contributed by atoms with Crippen LogP contribution in [-0.2, 0) is 28.8 Å². The third-order valence-corrected chi connectivity index (χ3v) is 19.0. The van der Waals surface area contributed by atoms with E-state index in [2.05, 4.69) is 34.6 Å². The molecule has 1 N–H and O–H groups in total. The van der Waals surface area contributed by atoms with Gasteiger partial charge in [-0.15, -0.1) is 0 Å². The highest BCUT2D eigenvalue weighted by Crippen LogP contribution is 2.89. The monoisotopic (exact) mass is 723 g/mol. The molecule has 13 atom stereocenters. The van der Waals surface area contributed by atoms with E-state index in [-0.39, 0.29) is 69.1 Å². The minimum absolute atomic E-state index is 0.0184. The molecule has 2 heterocycles. The molecule has 2 aliphatic heterocycles. The SMILES string of the molecule is C[C@@H]1C[C@H](CS(=O)(=O)c2ccccc2)O[C@H]2[C@H]1[C@@]1(C)CC[C@@]34C[C@@]35CCC(O[C@H]3CN(C(=O)CC6CC6)CCO3)C(C)(C)[C@@H]5CC[C@H]4[C@]1(C)[C@H]2O. The Bertz CT molecular complexity index is 1650. The second-order valence-electron chi connectivity index (χ2n) is 19.6. The Kier molecular flexibility index (Phi) is 8.10. The standard InChI is InChI=1S/C42H61NO7S/c1-26-21-28(24-51(46,47)29-9-7-6-8-10-29)49-36-35(26)39(4)17-18-42-25-41(42)16-15-32(38(2,3)30(41)13-14-31(42)40(39,5)37(36)45)50-34-23-43(19-20-48-34)33(44)22-27-11-12-27/h6-10,26-28,30-32,34-37,45H,11-25H2,1-5H3/t26-,28-,30+,31+,32?,34+,35+,36+,37+,39-,40-,41-,42+/m1/s1. The number of nitrogens with zero attached hydrogens (tertiary/aromatic N) is 1. The highest BCUT2D eigenvalue weighted by molar-refractivity contribution is 7.91. The normalized spacial score (nSPS) is 48.4. The van der Waals surface area contributed by atoms with Gasteiger partial charge in [0.05, 0.1) is 48.2 Å². The molecule has 9 heteroatoms. The van der Waals surface area contributed by atoms with Gasteiger partial charge in [-0.3, -0.25) is 4.79 Å². The van der Waals surface area contributed by atoms with E-state index in [1.54, 1.807) is 24.3 Å². The number of ether oxygens (including phenoxy) is 3. The van der Waals surface area contributed by atoms with E-state index in [9.17, 15) is 18.3 Å². The molecule has 1 aromatic carbocycles. The van der Waals surface area contributed by atoms with Crippen molar-refractivity contribution in [1.29, 1.82) is 0 Å². The number of fused-ring (bicyclic) bond motifs is 4. The fourth-order valence-corrected chi connectivity index (χ4v) is 16.0. The van der Waals surface area contributed by atoms with Gasteiger partial charge < -0.3 is 24.2 Å². The first-order valence-electron chi connectivity index (χ1n) is 20.3. The van der Waals surface area contributed by atoms with Crippen molar-refractivity contribution in [2.75, 3.05) is 25.4 Å². The lowest BCUT2D eigenvalue weighted by molar-refractivity contribution is -0.248. The van der Waals surface area contributed by atoms with Crippen LogP contribution >= 0.6 is 0 Å². The van der Waals surface area contributed by atoms with Crippen LogP contribution in [0.25, 0.3) is 0 Å². The van der Waals surface area contributed by atoms with Gasteiger partial charge in [-0.05, 0) is 128 Å². The van der Waals surface area contributed by atoms with Crippen LogP contribution in [-0.4, -0.2) is 80.5 Å². The number of hydrogen-bond donors (Lipinski definition) is 1. The minimum atomic E-state index is -3.50. The zero-order chi connectivity index (χ0) is 35.8. The molecule has 8 aliphatic rings. The Hall–Kier alpha value is -1.52. The van der Waals surface area contributed by atoms with Gasteiger partial charge in [-0.25, -0.2) is 8.42 Å². The Labute approximate surface area is 305 Å². The Balaban J connectivity index is 0.923. The molecule has 0 radical (unpaired) electrons. The quantitative estimate of drug-likeness (QED) is 0.337. The number of sulfone groups is 1. The summed E-state index contributed by atoms with van der Waals surface area (Å²) in [5.41, 5.74) is 0.127. The fraction of sp³-hybridized carbons (Fsp3) is 0.833. The summed E-state index contributed by atoms with van der Waals surface area (Å²) < 4.78 is 46.6. The lowest BCUT2D eigenvalue weighted by atomic mass is 9.41. The number of benzene rings is 1. The molecule has 51 heavy (non-hydrogen) atoms. The summed E-state index contributed by atoms with van der Waals surface area (Å²) >= 11 is 0. The number of carbonyl (C=O) groups is 1. The van der Waals surface area contributed by atoms with E-state index in [1.165, 1.54) is 25.7 Å². The van der Waals surface area contributed by atoms with Crippen molar-refractivity contribution < 1.29 is 32.5 Å². The Morgan fingerprint density at radius 2 is 1.71 bits per heavy atom. The van der Waals surface area contributed by atoms with Crippen molar-refractivity contribution in [2.24, 2.45) is 56.7 Å². The summed E-state index contributed by atoms with van der Waals surface area (Å²) in [6.07, 6.45) is 10.1. The molecule has 2 spiro atoms. The summed E-state index contributed by atoms with van der Waals surface area (Å²) in [7, 11) is -3.50. The van der Waals surface area contributed by atoms with Gasteiger partial charge in [-0.2, -0.15) is 0 Å². The maximum atomic E-state index is 13.4. The van der Waals surface area contributed by atoms with Gasteiger partial charge in [0.2, 0.25) is 5.91 Å². The zero-order valence-corrected chi connectivity index (χ0v) is 32.3. The van der Waals surface area contributed by atoms with Crippen molar-refractivity contribution >= 4 is 15.7 Å². The molecule has 1 unspecified atom stereocenters. The summed E-state index contributed by atoms with van der Waals surface area (Å²) in [6.45, 7) is 13.7. The van der Waals surface area contributed by atoms with Crippen LogP contribution in [0.15, 0.2) is 35.2 Å². The molecule has 1 amide bonds. The van der Waals surface area contributed by atoms with Gasteiger partial charge in [0.25, 0.3) is 0 Å². The maximum Gasteiger partial charge on any atom is 0.223 e. The Morgan fingerprint density at radius 3 is 2.45 bits per heavy atom. The molecule has 0 aromatic heterocycles. The maximum absolute atomic E-state index is 13.4. The number of aliphatic hydroxyl groups excluding tert-OH is 1. The van der Waals surface area contributed by atoms with Crippen molar-refractivity contribution in [3.8, 4) is 0 Å². The molecule has 6 aliphatic carbocycles. The van der Waals surface area contributed by atoms with Gasteiger partial charge in [0.15, 0.2) is 16.1 Å². The van der Waals surface area contributed by atoms with Gasteiger partial charge in [0, 0.05) is 18.4 Å². The Morgan fingerprint density at radius 1 is 0.980 bits per heavy atom. The fourth-order valence-electron chi connectivity index (χ4n) is 14.5. The third kappa shape index (κ3) is 5.02. The first-order valence-corrected chi connectivity index (χ1v) is 22.0. The van der Waals surface area contributed by atoms with Crippen molar-refractivity contribution in [1.82, 2.24) is 4.90 Å². The minimum Gasteiger partial charge on any atom is -0.390 e. The molecule has 0 bridgehead atoms. The predicted molar refractivity (Wildman–Crippen MR) is 193 cm³/mol. The van der Waals surface area contributed by atoms with Gasteiger partial charge in [-0.1, -0.05) is 52.8 Å². The summed E-state index contributed by atoms with van der Waals surface area (Å²) in [6, 6.07) is 8.72. The summed E-state index contributed by atoms with van der Waals surface area (Å²) in [5, 5.41) is 12.6. The number of aliphatic hydroxyl groups is 1. The third-order valence-electron chi connectivity index (χ3n) is 17.2. The number of morpholine rings is 1. The van der Waals surface area contributed by atoms with Crippen LogP contribution in [0.3, 0.4) is 0 Å². The molecule has 2 saturated heterocycles. The number of carbonyl (C=O) groups excluding carboxylic acids is 1. The number of hydrogen-bond acceptors (Lipinski definition) is 7. The van der Waals surface area contributed by atoms with Crippen LogP contribution in [0, 0.1) is 56.7 Å². The summed E-state index contributed by atoms with van der Waals surface area (Å²) in [5.74, 6) is 2.26. The smallest absolute Gasteiger partial charge is 0.223 e. The van der Waals surface area contributed by atoms with Crippen LogP contribution in [0.5, 0.6) is 0 Å². The number of amides is 1. The molecule has 1 aromatic rings. The van der Waals surface area contributed by atoms with Crippen molar-refractivity contribution in [3.63, 3.8) is 0 Å². The lowest BCUT2D eigenvalue weighted by Gasteiger charge is -2.64. The molecule has 8 fully saturated rings. The highest BCUT2D eigenvalue weighted by atomic mass is 32.2. The van der Waals surface area contributed by atoms with Crippen molar-refractivity contribution in [3.05, 3.63) is 30.3 Å². The van der Waals surface area contributed by atoms with E-state index in [0.717, 1.165) is 32.1 Å². The van der Waals surface area contributed by atoms with Crippen LogP contribution in [0.2, 0.25) is 0 Å². The average Bonchev–Trinajstić information content (AvgIpc) is 4.02. The molecule has 9 rings (SSSR count). The first-order chi connectivity index (χ1) is 24.2. The second-order valence-corrected chi connectivity index (χ2v) is 21.7. The predicted octanol–water partition coefficient (Wildman–Crippen LogP) is 6.64. The molecule has 282 valence electrons. The van der Waals surface area contributed by atoms with Crippen LogP contribution < -0.4 is 0 Å². The van der Waals surface area contributed by atoms with E-state index in [0.29, 0.717) is 55.2 Å². The van der Waals surface area contributed by atoms with Gasteiger partial charge >= 0.3 is 0 Å². The lowest BCUT2D eigenvalue weighted by Crippen LogP contribution is -2.60. The van der Waals surface area contributed by atoms with E-state index in [4.69, 9.17) is 14.2 Å². The van der Waals surface area contributed by atoms with E-state index < -0.39 is 22.0 Å². The summed E-state index contributed by atoms with van der Waals surface area (Å²) in [4.78, 5) is 15.2. The first kappa shape index (κ1) is 35.2. The second kappa shape index (κ2) is 11.7. The topological polar surface area (TPSA) is 102 Å². The molecular formula is C42H61NO7S. The highest BCUT2D eigenvalue weighted by Gasteiger charge is 2.84. The van der Waals surface area contributed by atoms with Crippen LogP contribution in [0.1, 0.15) is 105 Å².